The van der Waals surface area contributed by atoms with Crippen LogP contribution in [0.1, 0.15) is 6.92 Å². The summed E-state index contributed by atoms with van der Waals surface area (Å²) >= 11 is 3.61. The van der Waals surface area contributed by atoms with Crippen LogP contribution < -0.4 is 4.90 Å². The maximum absolute atomic E-state index is 12.6. The fourth-order valence-corrected chi connectivity index (χ4v) is 4.04. The molecule has 0 fully saturated rings. The number of nitrogens with zero attached hydrogens (tertiary/aromatic N) is 1. The topological polar surface area (TPSA) is 20.3 Å². The van der Waals surface area contributed by atoms with Crippen molar-refractivity contribution in [1.82, 2.24) is 0 Å². The minimum absolute atomic E-state index is 0.361. The van der Waals surface area contributed by atoms with Gasteiger partial charge in [0.25, 0.3) is 0 Å². The number of anilines is 2. The first-order valence-electron chi connectivity index (χ1n) is 6.20. The third-order valence-corrected chi connectivity index (χ3v) is 4.92. The molecule has 1 aliphatic rings. The van der Waals surface area contributed by atoms with E-state index in [1.54, 1.807) is 0 Å². The van der Waals surface area contributed by atoms with Gasteiger partial charge in [-0.15, -0.1) is 0 Å². The minimum Gasteiger partial charge on any atom is -0.338 e. The second-order valence-electron chi connectivity index (χ2n) is 4.60. The van der Waals surface area contributed by atoms with Gasteiger partial charge in [0.2, 0.25) is 0 Å². The first-order valence-corrected chi connectivity index (χ1v) is 8.26. The molecule has 0 radical (unpaired) electrons. The highest BCUT2D eigenvalue weighted by molar-refractivity contribution is 9.09. The van der Waals surface area contributed by atoms with Crippen LogP contribution in [0.15, 0.2) is 58.3 Å². The number of rotatable bonds is 2. The van der Waals surface area contributed by atoms with Gasteiger partial charge in [-0.25, -0.2) is 4.21 Å². The number of benzene rings is 2. The van der Waals surface area contributed by atoms with E-state index < -0.39 is 10.8 Å². The Labute approximate surface area is 124 Å². The molecule has 0 saturated carbocycles. The van der Waals surface area contributed by atoms with Crippen molar-refractivity contribution < 1.29 is 4.21 Å². The highest BCUT2D eigenvalue weighted by Crippen LogP contribution is 2.41. The zero-order chi connectivity index (χ0) is 13.4. The van der Waals surface area contributed by atoms with Crippen LogP contribution in [0.4, 0.5) is 11.4 Å². The third kappa shape index (κ3) is 2.23. The predicted molar refractivity (Wildman–Crippen MR) is 83.0 cm³/mol. The van der Waals surface area contributed by atoms with Crippen molar-refractivity contribution in [3.8, 4) is 0 Å². The Balaban J connectivity index is 2.20. The smallest absolute Gasteiger partial charge is 0.0892 e. The second kappa shape index (κ2) is 5.10. The SMILES string of the molecule is CC(Br)CN1c2ccccc2S(=O)c2ccccc21. The summed E-state index contributed by atoms with van der Waals surface area (Å²) in [4.78, 5) is 4.40. The molecule has 1 atom stereocenters. The lowest BCUT2D eigenvalue weighted by Crippen LogP contribution is -2.28. The summed E-state index contributed by atoms with van der Waals surface area (Å²) < 4.78 is 12.6. The molecule has 0 N–H and O–H groups in total. The van der Waals surface area contributed by atoms with E-state index in [0.29, 0.717) is 4.83 Å². The average molecular weight is 336 g/mol. The standard InChI is InChI=1S/C15H14BrNOS/c1-11(16)10-17-12-6-2-4-8-14(12)19(18)15-9-5-3-7-13(15)17/h2-9,11H,10H2,1H3. The van der Waals surface area contributed by atoms with E-state index in [1.807, 2.05) is 48.5 Å². The highest BCUT2D eigenvalue weighted by atomic mass is 79.9. The van der Waals surface area contributed by atoms with Gasteiger partial charge in [-0.05, 0) is 24.3 Å². The normalized spacial score (nSPS) is 15.8. The van der Waals surface area contributed by atoms with E-state index in [-0.39, 0.29) is 0 Å². The first kappa shape index (κ1) is 12.9. The molecular weight excluding hydrogens is 322 g/mol. The van der Waals surface area contributed by atoms with Crippen molar-refractivity contribution in [3.05, 3.63) is 48.5 Å². The number of para-hydroxylation sites is 2. The Kier molecular flexibility index (Phi) is 3.46. The van der Waals surface area contributed by atoms with Gasteiger partial charge in [-0.2, -0.15) is 0 Å². The van der Waals surface area contributed by atoms with Crippen molar-refractivity contribution in [1.29, 1.82) is 0 Å². The van der Waals surface area contributed by atoms with Gasteiger partial charge in [0, 0.05) is 11.4 Å². The molecule has 2 nitrogen and oxygen atoms in total. The van der Waals surface area contributed by atoms with Gasteiger partial charge in [-0.1, -0.05) is 47.1 Å². The summed E-state index contributed by atoms with van der Waals surface area (Å²) in [7, 11) is -1.08. The maximum atomic E-state index is 12.6. The van der Waals surface area contributed by atoms with Crippen molar-refractivity contribution >= 4 is 38.1 Å². The van der Waals surface area contributed by atoms with Gasteiger partial charge < -0.3 is 4.90 Å². The first-order chi connectivity index (χ1) is 9.18. The van der Waals surface area contributed by atoms with Crippen LogP contribution in [0.25, 0.3) is 0 Å². The van der Waals surface area contributed by atoms with Gasteiger partial charge >= 0.3 is 0 Å². The van der Waals surface area contributed by atoms with Crippen LogP contribution in [-0.4, -0.2) is 15.6 Å². The third-order valence-electron chi connectivity index (χ3n) is 3.15. The molecule has 0 spiro atoms. The minimum atomic E-state index is -1.08. The van der Waals surface area contributed by atoms with E-state index in [9.17, 15) is 4.21 Å². The summed E-state index contributed by atoms with van der Waals surface area (Å²) in [5.74, 6) is 0. The Morgan fingerprint density at radius 1 is 1.05 bits per heavy atom. The molecule has 98 valence electrons. The van der Waals surface area contributed by atoms with Gasteiger partial charge in [0.1, 0.15) is 0 Å². The lowest BCUT2D eigenvalue weighted by atomic mass is 10.2. The van der Waals surface area contributed by atoms with Crippen molar-refractivity contribution in [3.63, 3.8) is 0 Å². The zero-order valence-corrected chi connectivity index (χ0v) is 12.9. The molecule has 1 heterocycles. The number of hydrogen-bond donors (Lipinski definition) is 0. The highest BCUT2D eigenvalue weighted by Gasteiger charge is 2.27. The average Bonchev–Trinajstić information content (AvgIpc) is 2.43. The van der Waals surface area contributed by atoms with E-state index in [1.165, 1.54) is 0 Å². The van der Waals surface area contributed by atoms with Gasteiger partial charge in [-0.3, -0.25) is 0 Å². The molecule has 3 rings (SSSR count). The Hall–Kier alpha value is -1.13. The number of halogens is 1. The fraction of sp³-hybridized carbons (Fsp3) is 0.200. The van der Waals surface area contributed by atoms with Crippen LogP contribution in [-0.2, 0) is 10.8 Å². The Bertz CT molecular complexity index is 592. The summed E-state index contributed by atoms with van der Waals surface area (Å²) in [5.41, 5.74) is 2.09. The van der Waals surface area contributed by atoms with Crippen LogP contribution in [0.3, 0.4) is 0 Å². The Morgan fingerprint density at radius 3 is 2.00 bits per heavy atom. The quantitative estimate of drug-likeness (QED) is 0.770. The van der Waals surface area contributed by atoms with Crippen molar-refractivity contribution in [2.45, 2.75) is 21.5 Å². The molecule has 19 heavy (non-hydrogen) atoms. The maximum Gasteiger partial charge on any atom is 0.0892 e. The summed E-state index contributed by atoms with van der Waals surface area (Å²) in [6.45, 7) is 2.97. The number of fused-ring (bicyclic) bond motifs is 2. The van der Waals surface area contributed by atoms with Gasteiger partial charge in [0.05, 0.1) is 32.0 Å². The summed E-state index contributed by atoms with van der Waals surface area (Å²) in [6.07, 6.45) is 0. The molecule has 0 bridgehead atoms. The molecule has 4 heteroatoms. The van der Waals surface area contributed by atoms with E-state index in [4.69, 9.17) is 0 Å². The molecule has 1 unspecified atom stereocenters. The lowest BCUT2D eigenvalue weighted by Gasteiger charge is -2.33. The van der Waals surface area contributed by atoms with Crippen LogP contribution >= 0.6 is 15.9 Å². The molecular formula is C15H14BrNOS. The van der Waals surface area contributed by atoms with Gasteiger partial charge in [0.15, 0.2) is 0 Å². The van der Waals surface area contributed by atoms with Crippen LogP contribution in [0, 0.1) is 0 Å². The molecule has 0 saturated heterocycles. The fourth-order valence-electron chi connectivity index (χ4n) is 2.37. The molecule has 2 aromatic rings. The van der Waals surface area contributed by atoms with E-state index in [2.05, 4.69) is 27.8 Å². The van der Waals surface area contributed by atoms with E-state index in [0.717, 1.165) is 27.7 Å². The Morgan fingerprint density at radius 2 is 1.53 bits per heavy atom. The zero-order valence-electron chi connectivity index (χ0n) is 10.5. The lowest BCUT2D eigenvalue weighted by molar-refractivity contribution is 0.681. The molecule has 0 aliphatic carbocycles. The molecule has 0 amide bonds. The number of alkyl halides is 1. The van der Waals surface area contributed by atoms with Crippen molar-refractivity contribution in [2.24, 2.45) is 0 Å². The van der Waals surface area contributed by atoms with Crippen molar-refractivity contribution in [2.75, 3.05) is 11.4 Å². The molecule has 0 aromatic heterocycles. The molecule has 1 aliphatic heterocycles. The number of hydrogen-bond acceptors (Lipinski definition) is 2. The second-order valence-corrected chi connectivity index (χ2v) is 7.58. The van der Waals surface area contributed by atoms with Crippen LogP contribution in [0.5, 0.6) is 0 Å². The van der Waals surface area contributed by atoms with Crippen LogP contribution in [0.2, 0.25) is 0 Å². The monoisotopic (exact) mass is 335 g/mol. The summed E-state index contributed by atoms with van der Waals surface area (Å²) in [5, 5.41) is 0. The largest absolute Gasteiger partial charge is 0.338 e. The summed E-state index contributed by atoms with van der Waals surface area (Å²) in [6, 6.07) is 15.9. The molecule has 2 aromatic carbocycles. The van der Waals surface area contributed by atoms with E-state index >= 15 is 0 Å². The predicted octanol–water partition coefficient (Wildman–Crippen LogP) is 4.09.